The monoisotopic (exact) mass is 405 g/mol. The number of hydroxylamine groups is 1. The Morgan fingerprint density at radius 3 is 2.41 bits per heavy atom. The highest BCUT2D eigenvalue weighted by molar-refractivity contribution is 6.11. The van der Waals surface area contributed by atoms with Gasteiger partial charge in [-0.25, -0.2) is 19.3 Å². The molecule has 1 aliphatic carbocycles. The van der Waals surface area contributed by atoms with Crippen LogP contribution in [0.4, 0.5) is 8.78 Å². The van der Waals surface area contributed by atoms with E-state index in [0.29, 0.717) is 25.1 Å². The summed E-state index contributed by atoms with van der Waals surface area (Å²) in [6.45, 7) is 2.65. The van der Waals surface area contributed by atoms with Crippen molar-refractivity contribution < 1.29 is 18.8 Å². The van der Waals surface area contributed by atoms with Gasteiger partial charge in [0, 0.05) is 6.21 Å². The molecule has 5 nitrogen and oxygen atoms in total. The molecule has 0 radical (unpaired) electrons. The first-order valence-corrected chi connectivity index (χ1v) is 9.85. The lowest BCUT2D eigenvalue weighted by molar-refractivity contribution is -0.124. The van der Waals surface area contributed by atoms with Gasteiger partial charge in [-0.3, -0.25) is 10.0 Å². The average Bonchev–Trinajstić information content (AvgIpc) is 2.76. The number of hydrogen-bond donors (Lipinski definition) is 3. The SMILES string of the molecule is C\C=C(/C=N/C(=C/CC)NC1(c2ccccc2)CCC(F)(CF)CC1)C(=O)NO. The Bertz CT molecular complexity index is 768. The molecule has 29 heavy (non-hydrogen) atoms. The summed E-state index contributed by atoms with van der Waals surface area (Å²) in [5.74, 6) is -0.124. The molecule has 0 spiro atoms. The van der Waals surface area contributed by atoms with Crippen LogP contribution in [0.2, 0.25) is 0 Å². The molecule has 0 atom stereocenters. The summed E-state index contributed by atoms with van der Waals surface area (Å²) in [5.41, 5.74) is 0.407. The van der Waals surface area contributed by atoms with Crippen LogP contribution in [0.3, 0.4) is 0 Å². The summed E-state index contributed by atoms with van der Waals surface area (Å²) < 4.78 is 27.7. The Labute approximate surface area is 170 Å². The molecule has 158 valence electrons. The van der Waals surface area contributed by atoms with Gasteiger partial charge < -0.3 is 5.32 Å². The number of rotatable bonds is 8. The molecule has 1 aromatic rings. The van der Waals surface area contributed by atoms with Crippen LogP contribution in [0.5, 0.6) is 0 Å². The fourth-order valence-corrected chi connectivity index (χ4v) is 3.54. The van der Waals surface area contributed by atoms with Gasteiger partial charge in [0.25, 0.3) is 5.91 Å². The van der Waals surface area contributed by atoms with Gasteiger partial charge in [0.15, 0.2) is 0 Å². The highest BCUT2D eigenvalue weighted by Gasteiger charge is 2.44. The molecule has 1 fully saturated rings. The summed E-state index contributed by atoms with van der Waals surface area (Å²) in [6, 6.07) is 9.69. The van der Waals surface area contributed by atoms with Crippen LogP contribution in [-0.4, -0.2) is 29.7 Å². The Balaban J connectivity index is 2.33. The first-order valence-electron chi connectivity index (χ1n) is 9.85. The van der Waals surface area contributed by atoms with Gasteiger partial charge >= 0.3 is 0 Å². The van der Waals surface area contributed by atoms with Crippen LogP contribution in [0.25, 0.3) is 0 Å². The molecule has 0 unspecified atom stereocenters. The number of amides is 1. The maximum Gasteiger partial charge on any atom is 0.275 e. The molecular formula is C22H29F2N3O2. The van der Waals surface area contributed by atoms with Gasteiger partial charge in [0.1, 0.15) is 18.2 Å². The predicted molar refractivity (Wildman–Crippen MR) is 110 cm³/mol. The number of allylic oxidation sites excluding steroid dienone is 2. The molecule has 1 saturated carbocycles. The minimum Gasteiger partial charge on any atom is -0.361 e. The van der Waals surface area contributed by atoms with Crippen molar-refractivity contribution in [1.29, 1.82) is 0 Å². The van der Waals surface area contributed by atoms with Gasteiger partial charge in [-0.15, -0.1) is 0 Å². The highest BCUT2D eigenvalue weighted by Crippen LogP contribution is 2.44. The first kappa shape index (κ1) is 22.7. The quantitative estimate of drug-likeness (QED) is 0.258. The maximum atomic E-state index is 14.6. The van der Waals surface area contributed by atoms with E-state index in [1.165, 1.54) is 12.3 Å². The standard InChI is InChI=1S/C22H29F2N3O2/c1-3-8-19(25-15-17(4-2)20(28)27-29)26-22(18-9-6-5-7-10-18)13-11-21(24,16-23)12-14-22/h4-10,15,26,29H,3,11-14,16H2,1-2H3,(H,27,28)/b17-4+,19-8-,25-15+. The van der Waals surface area contributed by atoms with E-state index in [4.69, 9.17) is 5.21 Å². The number of hydrogen-bond acceptors (Lipinski definition) is 4. The molecule has 2 rings (SSSR count). The van der Waals surface area contributed by atoms with Crippen molar-refractivity contribution in [1.82, 2.24) is 10.8 Å². The van der Waals surface area contributed by atoms with E-state index < -0.39 is 23.8 Å². The average molecular weight is 405 g/mol. The third-order valence-electron chi connectivity index (χ3n) is 5.35. The van der Waals surface area contributed by atoms with Crippen LogP contribution < -0.4 is 10.8 Å². The van der Waals surface area contributed by atoms with E-state index in [2.05, 4.69) is 10.3 Å². The summed E-state index contributed by atoms with van der Waals surface area (Å²) >= 11 is 0. The zero-order valence-corrected chi connectivity index (χ0v) is 16.9. The lowest BCUT2D eigenvalue weighted by Gasteiger charge is -2.43. The molecule has 1 aromatic carbocycles. The number of halogens is 2. The number of benzene rings is 1. The number of carbonyl (C=O) groups excluding carboxylic acids is 1. The summed E-state index contributed by atoms with van der Waals surface area (Å²) in [6.07, 6.45) is 6.52. The van der Waals surface area contributed by atoms with Crippen molar-refractivity contribution in [3.8, 4) is 0 Å². The van der Waals surface area contributed by atoms with Gasteiger partial charge in [0.05, 0.1) is 11.1 Å². The number of alkyl halides is 2. The van der Waals surface area contributed by atoms with E-state index in [0.717, 1.165) is 5.56 Å². The lowest BCUT2D eigenvalue weighted by atomic mass is 9.71. The molecule has 0 saturated heterocycles. The minimum atomic E-state index is -1.78. The maximum absolute atomic E-state index is 14.6. The molecule has 1 aliphatic rings. The molecule has 0 heterocycles. The smallest absolute Gasteiger partial charge is 0.275 e. The zero-order chi connectivity index (χ0) is 21.3. The van der Waals surface area contributed by atoms with Crippen molar-refractivity contribution in [2.75, 3.05) is 6.67 Å². The normalized spacial score (nSPS) is 25.8. The number of carbonyl (C=O) groups is 1. The largest absolute Gasteiger partial charge is 0.361 e. The molecule has 1 amide bonds. The fourth-order valence-electron chi connectivity index (χ4n) is 3.54. The van der Waals surface area contributed by atoms with Crippen molar-refractivity contribution in [3.05, 3.63) is 59.4 Å². The van der Waals surface area contributed by atoms with Crippen LogP contribution in [0.15, 0.2) is 58.9 Å². The van der Waals surface area contributed by atoms with Crippen molar-refractivity contribution in [2.45, 2.75) is 57.2 Å². The topological polar surface area (TPSA) is 73.7 Å². The third-order valence-corrected chi connectivity index (χ3v) is 5.35. The van der Waals surface area contributed by atoms with Crippen molar-refractivity contribution in [3.63, 3.8) is 0 Å². The molecular weight excluding hydrogens is 376 g/mol. The predicted octanol–water partition coefficient (Wildman–Crippen LogP) is 4.50. The Morgan fingerprint density at radius 1 is 1.24 bits per heavy atom. The number of nitrogens with one attached hydrogen (secondary N) is 2. The second kappa shape index (κ2) is 10.3. The van der Waals surface area contributed by atoms with E-state index in [9.17, 15) is 13.6 Å². The minimum absolute atomic E-state index is 0.113. The van der Waals surface area contributed by atoms with Gasteiger partial charge in [-0.2, -0.15) is 0 Å². The number of nitrogens with zero attached hydrogens (tertiary/aromatic N) is 1. The fraction of sp³-hybridized carbons (Fsp3) is 0.455. The van der Waals surface area contributed by atoms with Crippen LogP contribution in [0.1, 0.15) is 51.5 Å². The van der Waals surface area contributed by atoms with Gasteiger partial charge in [0.2, 0.25) is 0 Å². The van der Waals surface area contributed by atoms with E-state index in [-0.39, 0.29) is 18.4 Å². The Kier molecular flexibility index (Phi) is 8.08. The first-order chi connectivity index (χ1) is 13.9. The molecule has 0 aromatic heterocycles. The van der Waals surface area contributed by atoms with E-state index in [1.807, 2.05) is 43.3 Å². The van der Waals surface area contributed by atoms with Crippen molar-refractivity contribution >= 4 is 12.1 Å². The summed E-state index contributed by atoms with van der Waals surface area (Å²) in [7, 11) is 0. The van der Waals surface area contributed by atoms with Crippen LogP contribution >= 0.6 is 0 Å². The van der Waals surface area contributed by atoms with Gasteiger partial charge in [-0.05, 0) is 50.7 Å². The second-order valence-corrected chi connectivity index (χ2v) is 7.30. The Morgan fingerprint density at radius 2 is 1.90 bits per heavy atom. The van der Waals surface area contributed by atoms with E-state index in [1.54, 1.807) is 12.4 Å². The van der Waals surface area contributed by atoms with Crippen LogP contribution in [0, 0.1) is 0 Å². The molecule has 0 aliphatic heterocycles. The Hall–Kier alpha value is -2.54. The molecule has 7 heteroatoms. The third kappa shape index (κ3) is 5.73. The van der Waals surface area contributed by atoms with E-state index >= 15 is 0 Å². The van der Waals surface area contributed by atoms with Crippen LogP contribution in [-0.2, 0) is 10.3 Å². The zero-order valence-electron chi connectivity index (χ0n) is 16.9. The highest BCUT2D eigenvalue weighted by atomic mass is 19.2. The summed E-state index contributed by atoms with van der Waals surface area (Å²) in [5, 5.41) is 12.3. The second-order valence-electron chi connectivity index (χ2n) is 7.30. The van der Waals surface area contributed by atoms with Crippen molar-refractivity contribution in [2.24, 2.45) is 4.99 Å². The van der Waals surface area contributed by atoms with Gasteiger partial charge in [-0.1, -0.05) is 43.3 Å². The number of aliphatic imine (C=N–C) groups is 1. The molecule has 3 N–H and O–H groups in total. The lowest BCUT2D eigenvalue weighted by Crippen LogP contribution is -2.48. The molecule has 0 bridgehead atoms. The summed E-state index contributed by atoms with van der Waals surface area (Å²) in [4.78, 5) is 16.0.